The van der Waals surface area contributed by atoms with Crippen LogP contribution in [0.1, 0.15) is 69.5 Å². The summed E-state index contributed by atoms with van der Waals surface area (Å²) in [4.78, 5) is 46.3. The molecule has 656 valence electrons. The first-order valence-electron chi connectivity index (χ1n) is 47.4. The first-order valence-corrected chi connectivity index (χ1v) is 47.4. The molecule has 1 spiro atoms. The normalized spacial score (nSPS) is 13.2. The SMILES string of the molecule is CC1(C)c2ccccc2-c2c(-c3nc(-c4ccccc4)nc(-c4ccc5oc6ccccc6c5c4)n3)cccc21.c1ccc(-c2nc(-c3ccc4oc5ccccc5c4c3)nc(-c3cccc4c3-c3ccccc3C4(c3ccccc3)c3ccccc3)n2)cc1.c1ccc(-c2nc(-c3ccc4oc5ccccc5c4c3)nc(-c3cccc4c3-c3ccccc3C43c4ccccc4-c4ccccc43)n2)cc1. The van der Waals surface area contributed by atoms with Gasteiger partial charge in [-0.1, -0.05) is 396 Å². The summed E-state index contributed by atoms with van der Waals surface area (Å²) in [5.74, 6) is 5.75. The van der Waals surface area contributed by atoms with Crippen LogP contribution in [0.3, 0.4) is 0 Å². The molecule has 12 heteroatoms. The molecular weight excluding hydrogens is 1710 g/mol. The fourth-order valence-corrected chi connectivity index (χ4v) is 22.6. The molecule has 29 rings (SSSR count). The molecule has 0 bridgehead atoms. The van der Waals surface area contributed by atoms with E-state index in [4.69, 9.17) is 58.1 Å². The molecule has 0 saturated heterocycles. The third kappa shape index (κ3) is 12.8. The standard InChI is InChI=1S/C46H27N3O.C46H29N3O.C36H25N3O/c1-2-13-28(14-3-1)43-47-44(29-25-26-41-35(27-29)32-17-7-11-24-40(32)50-41)49-45(48-43)34-19-12-23-39-42(34)33-18-6-10-22-38(33)46(39)36-20-8-4-15-30(36)31-16-5-9-21-37(31)46;1-4-15-30(16-5-1)43-47-44(31-27-28-41-37(29-31)34-21-11-13-26-40(34)50-41)49-45(48-43)36-23-14-25-39-42(36)35-22-10-12-24-38(35)46(39,32-17-6-2-7-18-32)33-19-8-3-9-20-33;1-36(2)28-16-8-6-14-25(28)32-26(15-10-17-29(32)36)35-38-33(22-11-4-3-5-12-22)37-34(39-35)23-19-20-31-27(21-23)24-13-7-9-18-30(24)40-31/h1-27H;1-29H;3-21H,1-2H3. The Labute approximate surface area is 806 Å². The van der Waals surface area contributed by atoms with Crippen LogP contribution in [-0.2, 0) is 16.2 Å². The maximum Gasteiger partial charge on any atom is 0.164 e. The third-order valence-electron chi connectivity index (χ3n) is 28.7. The maximum absolute atomic E-state index is 6.16. The van der Waals surface area contributed by atoms with Crippen LogP contribution in [0.5, 0.6) is 0 Å². The van der Waals surface area contributed by atoms with Gasteiger partial charge in [0.1, 0.15) is 33.5 Å². The molecule has 19 aromatic carbocycles. The molecule has 6 aromatic heterocycles. The van der Waals surface area contributed by atoms with Gasteiger partial charge in [-0.2, -0.15) is 0 Å². The molecule has 0 radical (unpaired) electrons. The van der Waals surface area contributed by atoms with Crippen LogP contribution in [0.2, 0.25) is 0 Å². The monoisotopic (exact) mass is 1790 g/mol. The summed E-state index contributed by atoms with van der Waals surface area (Å²) < 4.78 is 18.4. The lowest BCUT2D eigenvalue weighted by Gasteiger charge is -2.33. The van der Waals surface area contributed by atoms with Crippen molar-refractivity contribution in [3.63, 3.8) is 0 Å². The molecule has 0 atom stereocenters. The minimum atomic E-state index is -0.518. The van der Waals surface area contributed by atoms with E-state index in [2.05, 4.69) is 311 Å². The van der Waals surface area contributed by atoms with Crippen LogP contribution in [0.4, 0.5) is 0 Å². The summed E-state index contributed by atoms with van der Waals surface area (Å²) in [6.07, 6.45) is 0. The van der Waals surface area contributed by atoms with Gasteiger partial charge in [0.2, 0.25) is 0 Å². The highest BCUT2D eigenvalue weighted by Gasteiger charge is 2.53. The molecular formula is C128H81N9O3. The van der Waals surface area contributed by atoms with Crippen molar-refractivity contribution in [2.45, 2.75) is 30.1 Å². The Morgan fingerprint density at radius 2 is 0.393 bits per heavy atom. The average molecular weight is 1790 g/mol. The van der Waals surface area contributed by atoms with Crippen LogP contribution >= 0.6 is 0 Å². The number of benzene rings is 19. The van der Waals surface area contributed by atoms with Crippen molar-refractivity contribution < 1.29 is 13.3 Å². The van der Waals surface area contributed by atoms with Gasteiger partial charge in [-0.3, -0.25) is 0 Å². The number of fused-ring (bicyclic) bond motifs is 25. The highest BCUT2D eigenvalue weighted by molar-refractivity contribution is 6.10. The Bertz CT molecular complexity index is 8940. The minimum absolute atomic E-state index is 0.104. The van der Waals surface area contributed by atoms with Crippen LogP contribution in [0, 0.1) is 0 Å². The summed E-state index contributed by atoms with van der Waals surface area (Å²) >= 11 is 0. The summed E-state index contributed by atoms with van der Waals surface area (Å²) in [5.41, 5.74) is 35.0. The fourth-order valence-electron chi connectivity index (χ4n) is 22.6. The Kier molecular flexibility index (Phi) is 18.8. The fraction of sp³-hybridized carbons (Fsp3) is 0.0391. The zero-order valence-electron chi connectivity index (χ0n) is 76.1. The lowest BCUT2D eigenvalue weighted by Crippen LogP contribution is -2.28. The minimum Gasteiger partial charge on any atom is -0.456 e. The predicted octanol–water partition coefficient (Wildman–Crippen LogP) is 31.3. The summed E-state index contributed by atoms with van der Waals surface area (Å²) in [7, 11) is 0. The van der Waals surface area contributed by atoms with Gasteiger partial charge < -0.3 is 13.3 Å². The lowest BCUT2D eigenvalue weighted by atomic mass is 9.67. The van der Waals surface area contributed by atoms with E-state index >= 15 is 0 Å². The van der Waals surface area contributed by atoms with Crippen molar-refractivity contribution in [1.82, 2.24) is 44.9 Å². The van der Waals surface area contributed by atoms with E-state index in [1.165, 1.54) is 94.6 Å². The molecule has 0 N–H and O–H groups in total. The predicted molar refractivity (Wildman–Crippen MR) is 561 cm³/mol. The van der Waals surface area contributed by atoms with E-state index in [-0.39, 0.29) is 5.41 Å². The van der Waals surface area contributed by atoms with Gasteiger partial charge >= 0.3 is 0 Å². The molecule has 6 heterocycles. The number of rotatable bonds is 11. The second-order valence-corrected chi connectivity index (χ2v) is 36.7. The first kappa shape index (κ1) is 81.2. The quantitative estimate of drug-likeness (QED) is 0.121. The number of hydrogen-bond donors (Lipinski definition) is 0. The first-order chi connectivity index (χ1) is 69.1. The molecule has 4 aliphatic carbocycles. The van der Waals surface area contributed by atoms with Gasteiger partial charge in [-0.15, -0.1) is 0 Å². The molecule has 0 fully saturated rings. The molecule has 0 unspecified atom stereocenters. The van der Waals surface area contributed by atoms with Crippen LogP contribution < -0.4 is 0 Å². The second-order valence-electron chi connectivity index (χ2n) is 36.7. The van der Waals surface area contributed by atoms with Gasteiger partial charge in [-0.05, 0) is 173 Å². The summed E-state index contributed by atoms with van der Waals surface area (Å²) in [6.45, 7) is 4.58. The van der Waals surface area contributed by atoms with E-state index in [1.54, 1.807) is 0 Å². The Hall–Kier alpha value is -18.4. The van der Waals surface area contributed by atoms with Crippen molar-refractivity contribution in [2.75, 3.05) is 0 Å². The largest absolute Gasteiger partial charge is 0.456 e. The molecule has 0 amide bonds. The molecule has 0 saturated carbocycles. The van der Waals surface area contributed by atoms with E-state index in [0.29, 0.717) is 52.4 Å². The molecule has 4 aliphatic rings. The number of hydrogen-bond acceptors (Lipinski definition) is 12. The third-order valence-corrected chi connectivity index (χ3v) is 28.7. The number of para-hydroxylation sites is 3. The average Bonchev–Trinajstić information content (AvgIpc) is 1.48. The van der Waals surface area contributed by atoms with Crippen LogP contribution in [0.25, 0.3) is 213 Å². The highest BCUT2D eigenvalue weighted by Crippen LogP contribution is 2.65. The van der Waals surface area contributed by atoms with E-state index in [1.807, 2.05) is 158 Å². The zero-order valence-corrected chi connectivity index (χ0v) is 76.1. The van der Waals surface area contributed by atoms with E-state index < -0.39 is 10.8 Å². The lowest BCUT2D eigenvalue weighted by molar-refractivity contribution is 0.660. The van der Waals surface area contributed by atoms with Gasteiger partial charge in [0.05, 0.1) is 10.8 Å². The molecule has 0 aliphatic heterocycles. The summed E-state index contributed by atoms with van der Waals surface area (Å²) in [5, 5.41) is 6.34. The summed E-state index contributed by atoms with van der Waals surface area (Å²) in [6, 6.07) is 159. The van der Waals surface area contributed by atoms with Crippen molar-refractivity contribution in [3.8, 4) is 147 Å². The molecule has 25 aromatic rings. The topological polar surface area (TPSA) is 155 Å². The smallest absolute Gasteiger partial charge is 0.164 e. The Morgan fingerprint density at radius 3 is 0.757 bits per heavy atom. The molecule has 12 nitrogen and oxygen atoms in total. The second kappa shape index (κ2) is 32.4. The van der Waals surface area contributed by atoms with Crippen molar-refractivity contribution >= 4 is 65.8 Å². The van der Waals surface area contributed by atoms with E-state index in [0.717, 1.165) is 121 Å². The Morgan fingerprint density at radius 1 is 0.157 bits per heavy atom. The van der Waals surface area contributed by atoms with Crippen LogP contribution in [-0.4, -0.2) is 44.9 Å². The van der Waals surface area contributed by atoms with Gasteiger partial charge in [0.25, 0.3) is 0 Å². The number of nitrogens with zero attached hydrogens (tertiary/aromatic N) is 9. The van der Waals surface area contributed by atoms with Crippen molar-refractivity contribution in [3.05, 3.63) is 511 Å². The van der Waals surface area contributed by atoms with Crippen molar-refractivity contribution in [2.24, 2.45) is 0 Å². The number of aromatic nitrogens is 9. The Balaban J connectivity index is 0.000000106. The molecule has 140 heavy (non-hydrogen) atoms. The van der Waals surface area contributed by atoms with Gasteiger partial charge in [0, 0.05) is 87.8 Å². The number of furan rings is 3. The van der Waals surface area contributed by atoms with Gasteiger partial charge in [0.15, 0.2) is 52.4 Å². The highest BCUT2D eigenvalue weighted by atomic mass is 16.3. The van der Waals surface area contributed by atoms with Crippen LogP contribution in [0.15, 0.2) is 468 Å². The zero-order chi connectivity index (χ0) is 92.7. The van der Waals surface area contributed by atoms with E-state index in [9.17, 15) is 0 Å². The maximum atomic E-state index is 6.16. The van der Waals surface area contributed by atoms with Crippen molar-refractivity contribution in [1.29, 1.82) is 0 Å². The van der Waals surface area contributed by atoms with Gasteiger partial charge in [-0.25, -0.2) is 44.9 Å².